The van der Waals surface area contributed by atoms with Gasteiger partial charge in [-0.3, -0.25) is 4.79 Å². The second kappa shape index (κ2) is 6.25. The standard InChI is InChI=1S/C15H13ClO3/c1-18-12-8-6-11(7-9-12)10-15(17)19-14-5-3-2-4-13(14)16/h2-9H,10H2,1H3. The summed E-state index contributed by atoms with van der Waals surface area (Å²) < 4.78 is 10.3. The second-order valence-electron chi connectivity index (χ2n) is 3.93. The number of halogens is 1. The van der Waals surface area contributed by atoms with Gasteiger partial charge in [0.05, 0.1) is 18.6 Å². The summed E-state index contributed by atoms with van der Waals surface area (Å²) in [6.07, 6.45) is 0.190. The minimum Gasteiger partial charge on any atom is -0.497 e. The van der Waals surface area contributed by atoms with E-state index in [0.717, 1.165) is 11.3 Å². The Morgan fingerprint density at radius 3 is 2.42 bits per heavy atom. The third kappa shape index (κ3) is 3.73. The van der Waals surface area contributed by atoms with Crippen LogP contribution in [-0.2, 0) is 11.2 Å². The van der Waals surface area contributed by atoms with Crippen molar-refractivity contribution >= 4 is 17.6 Å². The monoisotopic (exact) mass is 276 g/mol. The smallest absolute Gasteiger partial charge is 0.315 e. The molecule has 0 aliphatic rings. The Labute approximate surface area is 116 Å². The lowest BCUT2D eigenvalue weighted by atomic mass is 10.1. The lowest BCUT2D eigenvalue weighted by molar-refractivity contribution is -0.133. The predicted molar refractivity (Wildman–Crippen MR) is 73.8 cm³/mol. The van der Waals surface area contributed by atoms with Gasteiger partial charge in [0.25, 0.3) is 0 Å². The molecule has 0 saturated carbocycles. The molecule has 98 valence electrons. The van der Waals surface area contributed by atoms with Crippen LogP contribution in [0.2, 0.25) is 5.02 Å². The highest BCUT2D eigenvalue weighted by Crippen LogP contribution is 2.23. The lowest BCUT2D eigenvalue weighted by Crippen LogP contribution is -2.11. The second-order valence-corrected chi connectivity index (χ2v) is 4.34. The molecule has 0 radical (unpaired) electrons. The summed E-state index contributed by atoms with van der Waals surface area (Å²) in [5, 5.41) is 0.422. The number of methoxy groups -OCH3 is 1. The number of benzene rings is 2. The molecule has 0 fully saturated rings. The molecule has 0 N–H and O–H groups in total. The Kier molecular flexibility index (Phi) is 4.42. The van der Waals surface area contributed by atoms with Gasteiger partial charge in [-0.05, 0) is 29.8 Å². The van der Waals surface area contributed by atoms with E-state index in [9.17, 15) is 4.79 Å². The van der Waals surface area contributed by atoms with Crippen LogP contribution in [0.5, 0.6) is 11.5 Å². The zero-order valence-corrected chi connectivity index (χ0v) is 11.2. The van der Waals surface area contributed by atoms with Crippen LogP contribution in [0.25, 0.3) is 0 Å². The predicted octanol–water partition coefficient (Wildman–Crippen LogP) is 3.50. The van der Waals surface area contributed by atoms with Crippen molar-refractivity contribution < 1.29 is 14.3 Å². The van der Waals surface area contributed by atoms with Gasteiger partial charge in [-0.15, -0.1) is 0 Å². The van der Waals surface area contributed by atoms with E-state index in [1.165, 1.54) is 0 Å². The normalized spacial score (nSPS) is 10.0. The first kappa shape index (κ1) is 13.4. The highest BCUT2D eigenvalue weighted by Gasteiger charge is 2.08. The minimum atomic E-state index is -0.349. The van der Waals surface area contributed by atoms with Crippen LogP contribution in [0, 0.1) is 0 Å². The number of rotatable bonds is 4. The Balaban J connectivity index is 1.99. The first-order chi connectivity index (χ1) is 9.19. The van der Waals surface area contributed by atoms with E-state index in [1.807, 2.05) is 12.1 Å². The molecule has 0 amide bonds. The summed E-state index contributed by atoms with van der Waals surface area (Å²) in [5.41, 5.74) is 0.859. The minimum absolute atomic E-state index is 0.190. The average Bonchev–Trinajstić information content (AvgIpc) is 2.42. The average molecular weight is 277 g/mol. The largest absolute Gasteiger partial charge is 0.497 e. The molecular formula is C15H13ClO3. The van der Waals surface area contributed by atoms with Crippen molar-refractivity contribution in [2.45, 2.75) is 6.42 Å². The van der Waals surface area contributed by atoms with Gasteiger partial charge < -0.3 is 9.47 Å². The van der Waals surface area contributed by atoms with Crippen LogP contribution >= 0.6 is 11.6 Å². The van der Waals surface area contributed by atoms with Crippen molar-refractivity contribution in [3.63, 3.8) is 0 Å². The van der Waals surface area contributed by atoms with Gasteiger partial charge in [0.2, 0.25) is 0 Å². The molecule has 0 aliphatic carbocycles. The fraction of sp³-hybridized carbons (Fsp3) is 0.133. The van der Waals surface area contributed by atoms with Crippen molar-refractivity contribution in [2.75, 3.05) is 7.11 Å². The van der Waals surface area contributed by atoms with Gasteiger partial charge in [0.15, 0.2) is 0 Å². The first-order valence-electron chi connectivity index (χ1n) is 5.77. The third-order valence-corrected chi connectivity index (χ3v) is 2.88. The van der Waals surface area contributed by atoms with Crippen molar-refractivity contribution in [3.8, 4) is 11.5 Å². The van der Waals surface area contributed by atoms with Gasteiger partial charge in [0.1, 0.15) is 11.5 Å². The van der Waals surface area contributed by atoms with E-state index >= 15 is 0 Å². The van der Waals surface area contributed by atoms with Crippen LogP contribution < -0.4 is 9.47 Å². The number of hydrogen-bond donors (Lipinski definition) is 0. The summed E-state index contributed by atoms with van der Waals surface area (Å²) in [6, 6.07) is 14.1. The number of esters is 1. The molecule has 0 aromatic heterocycles. The van der Waals surface area contributed by atoms with Crippen molar-refractivity contribution in [1.29, 1.82) is 0 Å². The molecule has 2 aromatic carbocycles. The molecule has 3 nitrogen and oxygen atoms in total. The molecule has 0 spiro atoms. The highest BCUT2D eigenvalue weighted by molar-refractivity contribution is 6.32. The molecule has 0 heterocycles. The van der Waals surface area contributed by atoms with E-state index in [-0.39, 0.29) is 12.4 Å². The van der Waals surface area contributed by atoms with E-state index < -0.39 is 0 Å². The Bertz CT molecular complexity index is 564. The molecule has 0 saturated heterocycles. The van der Waals surface area contributed by atoms with Crippen LogP contribution in [0.15, 0.2) is 48.5 Å². The van der Waals surface area contributed by atoms with Crippen molar-refractivity contribution in [3.05, 3.63) is 59.1 Å². The van der Waals surface area contributed by atoms with Gasteiger partial charge in [-0.25, -0.2) is 0 Å². The number of ether oxygens (including phenoxy) is 2. The summed E-state index contributed by atoms with van der Waals surface area (Å²) in [6.45, 7) is 0. The number of hydrogen-bond acceptors (Lipinski definition) is 3. The third-order valence-electron chi connectivity index (χ3n) is 2.57. The van der Waals surface area contributed by atoms with Gasteiger partial charge in [0, 0.05) is 0 Å². The molecule has 4 heteroatoms. The maximum atomic E-state index is 11.8. The van der Waals surface area contributed by atoms with E-state index in [4.69, 9.17) is 21.1 Å². The highest BCUT2D eigenvalue weighted by atomic mass is 35.5. The van der Waals surface area contributed by atoms with Gasteiger partial charge in [-0.1, -0.05) is 35.9 Å². The molecular weight excluding hydrogens is 264 g/mol. The van der Waals surface area contributed by atoms with Gasteiger partial charge >= 0.3 is 5.97 Å². The molecule has 2 rings (SSSR count). The number of carbonyl (C=O) groups is 1. The molecule has 0 unspecified atom stereocenters. The summed E-state index contributed by atoms with van der Waals surface area (Å²) >= 11 is 5.92. The Morgan fingerprint density at radius 1 is 1.11 bits per heavy atom. The fourth-order valence-electron chi connectivity index (χ4n) is 1.60. The van der Waals surface area contributed by atoms with Crippen molar-refractivity contribution in [1.82, 2.24) is 0 Å². The topological polar surface area (TPSA) is 35.5 Å². The van der Waals surface area contributed by atoms with E-state index in [0.29, 0.717) is 10.8 Å². The summed E-state index contributed by atoms with van der Waals surface area (Å²) in [5.74, 6) is 0.782. The van der Waals surface area contributed by atoms with E-state index in [2.05, 4.69) is 0 Å². The molecule has 0 bridgehead atoms. The van der Waals surface area contributed by atoms with Gasteiger partial charge in [-0.2, -0.15) is 0 Å². The Morgan fingerprint density at radius 2 is 1.79 bits per heavy atom. The van der Waals surface area contributed by atoms with Crippen molar-refractivity contribution in [2.24, 2.45) is 0 Å². The molecule has 19 heavy (non-hydrogen) atoms. The van der Waals surface area contributed by atoms with Crippen LogP contribution in [0.4, 0.5) is 0 Å². The number of carbonyl (C=O) groups excluding carboxylic acids is 1. The number of para-hydroxylation sites is 1. The SMILES string of the molecule is COc1ccc(CC(=O)Oc2ccccc2Cl)cc1. The maximum absolute atomic E-state index is 11.8. The summed E-state index contributed by atoms with van der Waals surface area (Å²) in [7, 11) is 1.60. The fourth-order valence-corrected chi connectivity index (χ4v) is 1.77. The Hall–Kier alpha value is -2.00. The van der Waals surface area contributed by atoms with E-state index in [1.54, 1.807) is 43.5 Å². The maximum Gasteiger partial charge on any atom is 0.315 e. The lowest BCUT2D eigenvalue weighted by Gasteiger charge is -2.06. The zero-order valence-electron chi connectivity index (χ0n) is 10.4. The van der Waals surface area contributed by atoms with Crippen LogP contribution in [-0.4, -0.2) is 13.1 Å². The quantitative estimate of drug-likeness (QED) is 0.633. The molecule has 0 aliphatic heterocycles. The summed E-state index contributed by atoms with van der Waals surface area (Å²) in [4.78, 5) is 11.8. The van der Waals surface area contributed by atoms with Crippen LogP contribution in [0.1, 0.15) is 5.56 Å². The molecule has 2 aromatic rings. The first-order valence-corrected chi connectivity index (χ1v) is 6.15. The zero-order chi connectivity index (χ0) is 13.7. The molecule has 0 atom stereocenters. The van der Waals surface area contributed by atoms with Crippen LogP contribution in [0.3, 0.4) is 0 Å².